The van der Waals surface area contributed by atoms with Crippen LogP contribution in [0.15, 0.2) is 65.8 Å². The van der Waals surface area contributed by atoms with Gasteiger partial charge >= 0.3 is 0 Å². The summed E-state index contributed by atoms with van der Waals surface area (Å²) in [5.41, 5.74) is 6.30. The summed E-state index contributed by atoms with van der Waals surface area (Å²) in [6.45, 7) is 0. The molecule has 4 rings (SSSR count). The van der Waals surface area contributed by atoms with Gasteiger partial charge in [-0.3, -0.25) is 4.79 Å². The Morgan fingerprint density at radius 2 is 1.80 bits per heavy atom. The Bertz CT molecular complexity index is 987. The van der Waals surface area contributed by atoms with Crippen LogP contribution in [-0.2, 0) is 17.6 Å². The number of fused-ring (bicyclic) bond motifs is 2. The molecule has 1 amide bonds. The van der Waals surface area contributed by atoms with Crippen molar-refractivity contribution in [2.45, 2.75) is 19.3 Å². The number of benzene rings is 3. The number of nitrogens with one attached hydrogen (secondary N) is 1. The van der Waals surface area contributed by atoms with Crippen molar-refractivity contribution in [3.05, 3.63) is 77.4 Å². The van der Waals surface area contributed by atoms with E-state index in [0.29, 0.717) is 5.75 Å². The summed E-state index contributed by atoms with van der Waals surface area (Å²) in [6.07, 6.45) is 1.76. The van der Waals surface area contributed by atoms with Crippen LogP contribution in [0, 0.1) is 0 Å². The minimum atomic E-state index is -0.141. The largest absolute Gasteiger partial charge is 0.508 e. The molecule has 0 fully saturated rings. The van der Waals surface area contributed by atoms with Crippen LogP contribution in [0.4, 0.5) is 0 Å². The molecule has 0 spiro atoms. The van der Waals surface area contributed by atoms with Crippen molar-refractivity contribution >= 4 is 22.4 Å². The van der Waals surface area contributed by atoms with Gasteiger partial charge < -0.3 is 5.11 Å². The molecule has 0 unspecified atom stereocenters. The molecular weight excluding hydrogens is 312 g/mol. The number of hydrogen-bond acceptors (Lipinski definition) is 3. The van der Waals surface area contributed by atoms with Crippen LogP contribution < -0.4 is 5.43 Å². The highest BCUT2D eigenvalue weighted by atomic mass is 16.3. The Kier molecular flexibility index (Phi) is 3.94. The summed E-state index contributed by atoms with van der Waals surface area (Å²) >= 11 is 0. The fourth-order valence-electron chi connectivity index (χ4n) is 3.39. The molecule has 0 saturated heterocycles. The minimum Gasteiger partial charge on any atom is -0.508 e. The number of carbonyl (C=O) groups is 1. The zero-order chi connectivity index (χ0) is 17.2. The van der Waals surface area contributed by atoms with E-state index in [1.165, 1.54) is 0 Å². The normalized spacial score (nSPS) is 14.6. The number of hydrazone groups is 1. The van der Waals surface area contributed by atoms with Crippen LogP contribution in [0.25, 0.3) is 10.8 Å². The molecule has 2 N–H and O–H groups in total. The van der Waals surface area contributed by atoms with Crippen molar-refractivity contribution in [1.29, 1.82) is 0 Å². The predicted molar refractivity (Wildman–Crippen MR) is 98.8 cm³/mol. The molecular formula is C21H18N2O2. The van der Waals surface area contributed by atoms with Gasteiger partial charge in [0.15, 0.2) is 0 Å². The number of rotatable bonds is 3. The lowest BCUT2D eigenvalue weighted by atomic mass is 10.0. The SMILES string of the molecule is O=C(Cc1cccc2ccccc12)NN=C1CCc2c(O)cccc21. The number of phenols is 1. The zero-order valence-electron chi connectivity index (χ0n) is 13.7. The van der Waals surface area contributed by atoms with Crippen molar-refractivity contribution in [2.24, 2.45) is 5.10 Å². The minimum absolute atomic E-state index is 0.141. The molecule has 0 atom stereocenters. The summed E-state index contributed by atoms with van der Waals surface area (Å²) in [4.78, 5) is 12.3. The molecule has 0 bridgehead atoms. The van der Waals surface area contributed by atoms with E-state index in [9.17, 15) is 9.90 Å². The van der Waals surface area contributed by atoms with Crippen molar-refractivity contribution in [3.8, 4) is 5.75 Å². The second kappa shape index (κ2) is 6.40. The van der Waals surface area contributed by atoms with Gasteiger partial charge in [0.2, 0.25) is 5.91 Å². The highest BCUT2D eigenvalue weighted by Crippen LogP contribution is 2.29. The quantitative estimate of drug-likeness (QED) is 0.721. The number of hydrogen-bond donors (Lipinski definition) is 2. The smallest absolute Gasteiger partial charge is 0.244 e. The fourth-order valence-corrected chi connectivity index (χ4v) is 3.39. The van der Waals surface area contributed by atoms with Gasteiger partial charge in [-0.1, -0.05) is 54.6 Å². The molecule has 25 heavy (non-hydrogen) atoms. The van der Waals surface area contributed by atoms with Crippen LogP contribution in [0.1, 0.15) is 23.1 Å². The summed E-state index contributed by atoms with van der Waals surface area (Å²) in [5, 5.41) is 16.4. The third-order valence-electron chi connectivity index (χ3n) is 4.62. The monoisotopic (exact) mass is 330 g/mol. The summed E-state index contributed by atoms with van der Waals surface area (Å²) in [5.74, 6) is 0.155. The van der Waals surface area contributed by atoms with Crippen LogP contribution in [0.2, 0.25) is 0 Å². The van der Waals surface area contributed by atoms with E-state index in [4.69, 9.17) is 0 Å². The van der Waals surface area contributed by atoms with Crippen molar-refractivity contribution in [3.63, 3.8) is 0 Å². The van der Waals surface area contributed by atoms with Gasteiger partial charge in [0.25, 0.3) is 0 Å². The van der Waals surface area contributed by atoms with Crippen LogP contribution in [-0.4, -0.2) is 16.7 Å². The summed E-state index contributed by atoms with van der Waals surface area (Å²) < 4.78 is 0. The maximum Gasteiger partial charge on any atom is 0.244 e. The Hall–Kier alpha value is -3.14. The number of phenolic OH excluding ortho intramolecular Hbond substituents is 1. The van der Waals surface area contributed by atoms with Crippen molar-refractivity contribution < 1.29 is 9.90 Å². The molecule has 0 saturated carbocycles. The Morgan fingerprint density at radius 3 is 2.72 bits per heavy atom. The molecule has 3 aromatic rings. The summed E-state index contributed by atoms with van der Waals surface area (Å²) in [6, 6.07) is 19.4. The molecule has 1 aliphatic carbocycles. The predicted octanol–water partition coefficient (Wildman–Crippen LogP) is 3.55. The van der Waals surface area contributed by atoms with E-state index in [1.807, 2.05) is 48.5 Å². The van der Waals surface area contributed by atoms with Gasteiger partial charge in [-0.05, 0) is 35.2 Å². The van der Waals surface area contributed by atoms with Gasteiger partial charge in [-0.15, -0.1) is 0 Å². The van der Waals surface area contributed by atoms with Gasteiger partial charge in [0, 0.05) is 11.1 Å². The van der Waals surface area contributed by atoms with Gasteiger partial charge in [0.1, 0.15) is 5.75 Å². The van der Waals surface area contributed by atoms with E-state index in [-0.39, 0.29) is 12.3 Å². The molecule has 1 aliphatic rings. The number of amides is 1. The third kappa shape index (κ3) is 2.98. The van der Waals surface area contributed by atoms with Gasteiger partial charge in [-0.2, -0.15) is 5.10 Å². The Labute approximate surface area is 145 Å². The highest BCUT2D eigenvalue weighted by Gasteiger charge is 2.20. The number of nitrogens with zero attached hydrogens (tertiary/aromatic N) is 1. The standard InChI is InChI=1S/C21H18N2O2/c24-20-10-4-9-17-18(20)11-12-19(17)22-23-21(25)13-15-7-3-6-14-5-1-2-8-16(14)15/h1-10,24H,11-13H2,(H,23,25). The van der Waals surface area contributed by atoms with E-state index in [1.54, 1.807) is 12.1 Å². The first-order valence-corrected chi connectivity index (χ1v) is 8.35. The first-order valence-electron chi connectivity index (χ1n) is 8.35. The Morgan fingerprint density at radius 1 is 1.00 bits per heavy atom. The topological polar surface area (TPSA) is 61.7 Å². The first-order chi connectivity index (χ1) is 12.2. The average Bonchev–Trinajstić information content (AvgIpc) is 3.05. The van der Waals surface area contributed by atoms with E-state index in [2.05, 4.69) is 10.5 Å². The molecule has 3 aromatic carbocycles. The molecule has 0 radical (unpaired) electrons. The second-order valence-electron chi connectivity index (χ2n) is 6.21. The van der Waals surface area contributed by atoms with Crippen LogP contribution in [0.3, 0.4) is 0 Å². The molecule has 4 heteroatoms. The second-order valence-corrected chi connectivity index (χ2v) is 6.21. The first kappa shape index (κ1) is 15.4. The van der Waals surface area contributed by atoms with E-state index >= 15 is 0 Å². The lowest BCUT2D eigenvalue weighted by Gasteiger charge is -2.06. The molecule has 0 heterocycles. The number of aromatic hydroxyl groups is 1. The van der Waals surface area contributed by atoms with E-state index < -0.39 is 0 Å². The highest BCUT2D eigenvalue weighted by molar-refractivity contribution is 6.05. The zero-order valence-corrected chi connectivity index (χ0v) is 13.7. The van der Waals surface area contributed by atoms with Crippen molar-refractivity contribution in [2.75, 3.05) is 0 Å². The maximum absolute atomic E-state index is 12.3. The van der Waals surface area contributed by atoms with Crippen LogP contribution in [0.5, 0.6) is 5.75 Å². The molecule has 4 nitrogen and oxygen atoms in total. The lowest BCUT2D eigenvalue weighted by Crippen LogP contribution is -2.21. The Balaban J connectivity index is 1.51. The summed E-state index contributed by atoms with van der Waals surface area (Å²) in [7, 11) is 0. The fraction of sp³-hybridized carbons (Fsp3) is 0.143. The number of carbonyl (C=O) groups excluding carboxylic acids is 1. The molecule has 124 valence electrons. The van der Waals surface area contributed by atoms with E-state index in [0.717, 1.165) is 46.0 Å². The third-order valence-corrected chi connectivity index (χ3v) is 4.62. The molecule has 0 aliphatic heterocycles. The molecule has 0 aromatic heterocycles. The average molecular weight is 330 g/mol. The van der Waals surface area contributed by atoms with Gasteiger partial charge in [-0.25, -0.2) is 5.43 Å². The van der Waals surface area contributed by atoms with Crippen LogP contribution >= 0.6 is 0 Å². The van der Waals surface area contributed by atoms with Crippen molar-refractivity contribution in [1.82, 2.24) is 5.43 Å². The maximum atomic E-state index is 12.3. The lowest BCUT2D eigenvalue weighted by molar-refractivity contribution is -0.120. The van der Waals surface area contributed by atoms with Gasteiger partial charge in [0.05, 0.1) is 12.1 Å².